The monoisotopic (exact) mass is 531 g/mol. The van der Waals surface area contributed by atoms with Gasteiger partial charge in [-0.15, -0.1) is 0 Å². The van der Waals surface area contributed by atoms with Crippen LogP contribution in [0.3, 0.4) is 0 Å². The molecule has 1 aromatic carbocycles. The number of furan rings is 1. The third-order valence-electron chi connectivity index (χ3n) is 6.50. The van der Waals surface area contributed by atoms with E-state index in [2.05, 4.69) is 58.2 Å². The molecular weight excluding hydrogens is 498 g/mol. The Bertz CT molecular complexity index is 1220. The molecule has 1 aliphatic rings. The van der Waals surface area contributed by atoms with E-state index in [1.165, 1.54) is 22.1 Å². The van der Waals surface area contributed by atoms with Crippen molar-refractivity contribution < 1.29 is 12.8 Å². The zero-order valence-electron chi connectivity index (χ0n) is 20.9. The summed E-state index contributed by atoms with van der Waals surface area (Å²) in [7, 11) is -3.67. The number of hydrogen-bond donors (Lipinski definition) is 1. The van der Waals surface area contributed by atoms with Gasteiger partial charge in [0.25, 0.3) is 0 Å². The summed E-state index contributed by atoms with van der Waals surface area (Å²) in [6.07, 6.45) is 3.03. The molecule has 1 N–H and O–H groups in total. The van der Waals surface area contributed by atoms with Crippen molar-refractivity contribution in [3.8, 4) is 0 Å². The normalized spacial score (nSPS) is 15.4. The molecule has 0 amide bonds. The van der Waals surface area contributed by atoms with Crippen LogP contribution < -0.4 is 5.32 Å². The van der Waals surface area contributed by atoms with Gasteiger partial charge < -0.3 is 9.73 Å². The quantitative estimate of drug-likeness (QED) is 0.395. The second-order valence-electron chi connectivity index (χ2n) is 8.90. The Hall–Kier alpha value is -2.43. The molecule has 1 fully saturated rings. The maximum atomic E-state index is 13.2. The van der Waals surface area contributed by atoms with Gasteiger partial charge in [0.05, 0.1) is 17.8 Å². The molecule has 4 rings (SSSR count). The van der Waals surface area contributed by atoms with Crippen LogP contribution in [0.1, 0.15) is 30.7 Å². The van der Waals surface area contributed by atoms with Crippen molar-refractivity contribution in [2.24, 2.45) is 0 Å². The molecule has 3 heterocycles. The van der Waals surface area contributed by atoms with E-state index in [0.717, 1.165) is 31.0 Å². The lowest BCUT2D eigenvalue weighted by molar-refractivity contribution is 0.171. The molecule has 3 aromatic rings. The Kier molecular flexibility index (Phi) is 9.03. The predicted octanol–water partition coefficient (Wildman–Crippen LogP) is 4.29. The predicted molar refractivity (Wildman–Crippen MR) is 142 cm³/mol. The number of piperazine rings is 1. The van der Waals surface area contributed by atoms with Crippen LogP contribution in [-0.2, 0) is 29.7 Å². The van der Waals surface area contributed by atoms with Crippen molar-refractivity contribution in [3.05, 3.63) is 76.8 Å². The molecule has 2 aromatic heterocycles. The molecule has 0 aliphatic carbocycles. The number of hydrogen-bond acceptors (Lipinski definition) is 7. The average Bonchev–Trinajstić information content (AvgIpc) is 3.40. The fourth-order valence-corrected chi connectivity index (χ4v) is 6.01. The van der Waals surface area contributed by atoms with Crippen LogP contribution in [0, 0.1) is 0 Å². The Labute approximate surface area is 218 Å². The van der Waals surface area contributed by atoms with Gasteiger partial charge >= 0.3 is 0 Å². The van der Waals surface area contributed by atoms with E-state index >= 15 is 0 Å². The first kappa shape index (κ1) is 26.6. The number of halogens is 1. The van der Waals surface area contributed by atoms with E-state index in [1.54, 1.807) is 6.26 Å². The molecule has 0 spiro atoms. The van der Waals surface area contributed by atoms with Crippen LogP contribution >= 0.6 is 11.6 Å². The fourth-order valence-electron chi connectivity index (χ4n) is 4.32. The lowest BCUT2D eigenvalue weighted by Gasteiger charge is -2.33. The first-order valence-corrected chi connectivity index (χ1v) is 14.1. The summed E-state index contributed by atoms with van der Waals surface area (Å²) in [6.45, 7) is 10.5. The van der Waals surface area contributed by atoms with Gasteiger partial charge in [-0.25, -0.2) is 13.4 Å². The van der Waals surface area contributed by atoms with E-state index in [1.807, 2.05) is 12.1 Å². The van der Waals surface area contributed by atoms with Gasteiger partial charge in [-0.1, -0.05) is 49.7 Å². The standard InChI is InChI=1S/C26H34ClN5O3S/c1-3-30(4-2)19-22-8-5-7-21(15-22)17-28-26-25(27)16-24(18-29-26)36(33,34)32-12-10-31(11-13-32)20-23-9-6-14-35-23/h5-9,14-16,18H,3-4,10-13,17,19-20H2,1-2H3,(H,28,29). The second kappa shape index (κ2) is 12.2. The highest BCUT2D eigenvalue weighted by Crippen LogP contribution is 2.26. The van der Waals surface area contributed by atoms with Gasteiger partial charge in [0.15, 0.2) is 0 Å². The second-order valence-corrected chi connectivity index (χ2v) is 11.2. The molecule has 0 atom stereocenters. The summed E-state index contributed by atoms with van der Waals surface area (Å²) < 4.78 is 33.3. The minimum absolute atomic E-state index is 0.110. The number of pyridine rings is 1. The number of nitrogens with zero attached hydrogens (tertiary/aromatic N) is 4. The molecule has 0 saturated carbocycles. The van der Waals surface area contributed by atoms with Crippen LogP contribution in [0.25, 0.3) is 0 Å². The molecule has 8 nitrogen and oxygen atoms in total. The zero-order chi connectivity index (χ0) is 25.5. The lowest BCUT2D eigenvalue weighted by Crippen LogP contribution is -2.48. The summed E-state index contributed by atoms with van der Waals surface area (Å²) in [5, 5.41) is 3.53. The lowest BCUT2D eigenvalue weighted by atomic mass is 10.1. The molecule has 0 radical (unpaired) electrons. The van der Waals surface area contributed by atoms with Crippen LogP contribution in [0.2, 0.25) is 5.02 Å². The molecule has 1 saturated heterocycles. The highest BCUT2D eigenvalue weighted by molar-refractivity contribution is 7.89. The molecule has 36 heavy (non-hydrogen) atoms. The number of rotatable bonds is 11. The largest absolute Gasteiger partial charge is 0.468 e. The highest BCUT2D eigenvalue weighted by Gasteiger charge is 2.29. The van der Waals surface area contributed by atoms with E-state index in [4.69, 9.17) is 16.0 Å². The zero-order valence-corrected chi connectivity index (χ0v) is 22.4. The maximum absolute atomic E-state index is 13.2. The summed E-state index contributed by atoms with van der Waals surface area (Å²) in [5.41, 5.74) is 2.37. The van der Waals surface area contributed by atoms with Crippen LogP contribution in [0.4, 0.5) is 5.82 Å². The first-order valence-electron chi connectivity index (χ1n) is 12.3. The van der Waals surface area contributed by atoms with Crippen LogP contribution in [0.15, 0.2) is 64.2 Å². The Morgan fingerprint density at radius 3 is 2.47 bits per heavy atom. The SMILES string of the molecule is CCN(CC)Cc1cccc(CNc2ncc(S(=O)(=O)N3CCN(Cc4ccco4)CC3)cc2Cl)c1. The van der Waals surface area contributed by atoms with Crippen molar-refractivity contribution in [1.82, 2.24) is 19.1 Å². The summed E-state index contributed by atoms with van der Waals surface area (Å²) in [4.78, 5) is 8.99. The van der Waals surface area contributed by atoms with Crippen molar-refractivity contribution in [1.29, 1.82) is 0 Å². The molecule has 10 heteroatoms. The Balaban J connectivity index is 1.35. The Morgan fingerprint density at radius 1 is 1.06 bits per heavy atom. The summed E-state index contributed by atoms with van der Waals surface area (Å²) >= 11 is 6.45. The summed E-state index contributed by atoms with van der Waals surface area (Å²) in [6, 6.07) is 13.7. The molecule has 1 aliphatic heterocycles. The number of nitrogens with one attached hydrogen (secondary N) is 1. The van der Waals surface area contributed by atoms with E-state index in [9.17, 15) is 8.42 Å². The number of sulfonamides is 1. The van der Waals surface area contributed by atoms with Crippen molar-refractivity contribution >= 4 is 27.4 Å². The van der Waals surface area contributed by atoms with Crippen LogP contribution in [0.5, 0.6) is 0 Å². The van der Waals surface area contributed by atoms with Gasteiger partial charge in [-0.05, 0) is 42.4 Å². The Morgan fingerprint density at radius 2 is 1.81 bits per heavy atom. The van der Waals surface area contributed by atoms with Crippen molar-refractivity contribution in [2.75, 3.05) is 44.6 Å². The van der Waals surface area contributed by atoms with Gasteiger partial charge in [-0.2, -0.15) is 4.31 Å². The topological polar surface area (TPSA) is 81.9 Å². The van der Waals surface area contributed by atoms with Gasteiger partial charge in [-0.3, -0.25) is 9.80 Å². The van der Waals surface area contributed by atoms with E-state index in [0.29, 0.717) is 45.1 Å². The molecule has 194 valence electrons. The van der Waals surface area contributed by atoms with Gasteiger partial charge in [0.1, 0.15) is 16.5 Å². The average molecular weight is 532 g/mol. The van der Waals surface area contributed by atoms with Gasteiger partial charge in [0, 0.05) is 45.5 Å². The number of aromatic nitrogens is 1. The van der Waals surface area contributed by atoms with Gasteiger partial charge in [0.2, 0.25) is 10.0 Å². The highest BCUT2D eigenvalue weighted by atomic mass is 35.5. The van der Waals surface area contributed by atoms with Crippen LogP contribution in [-0.4, -0.2) is 66.8 Å². The third-order valence-corrected chi connectivity index (χ3v) is 8.65. The minimum Gasteiger partial charge on any atom is -0.468 e. The molecule has 0 unspecified atom stereocenters. The van der Waals surface area contributed by atoms with E-state index < -0.39 is 10.0 Å². The fraction of sp³-hybridized carbons (Fsp3) is 0.423. The number of benzene rings is 1. The van der Waals surface area contributed by atoms with Crippen molar-refractivity contribution in [3.63, 3.8) is 0 Å². The smallest absolute Gasteiger partial charge is 0.244 e. The maximum Gasteiger partial charge on any atom is 0.244 e. The number of anilines is 1. The third kappa shape index (κ3) is 6.66. The van der Waals surface area contributed by atoms with E-state index in [-0.39, 0.29) is 9.92 Å². The van der Waals surface area contributed by atoms with Crippen molar-refractivity contribution in [2.45, 2.75) is 38.4 Å². The summed E-state index contributed by atoms with van der Waals surface area (Å²) in [5.74, 6) is 1.34. The first-order chi connectivity index (χ1) is 17.4. The minimum atomic E-state index is -3.67. The molecule has 0 bridgehead atoms. The molecular formula is C26H34ClN5O3S.